The molecule has 0 saturated heterocycles. The second-order valence-corrected chi connectivity index (χ2v) is 7.97. The first-order valence-electron chi connectivity index (χ1n) is 11.6. The van der Waals surface area contributed by atoms with Gasteiger partial charge in [-0.15, -0.1) is 0 Å². The number of esters is 2. The molecule has 0 amide bonds. The highest BCUT2D eigenvalue weighted by Crippen LogP contribution is 2.11. The molecule has 1 aliphatic carbocycles. The molecule has 0 unspecified atom stereocenters. The summed E-state index contributed by atoms with van der Waals surface area (Å²) in [7, 11) is 3.91. The minimum absolute atomic E-state index is 0.168. The lowest BCUT2D eigenvalue weighted by molar-refractivity contribution is -0.145. The van der Waals surface area contributed by atoms with Crippen LogP contribution in [0.1, 0.15) is 38.5 Å². The average Bonchev–Trinajstić information content (AvgIpc) is 3.13. The maximum atomic E-state index is 11.9. The number of rotatable bonds is 15. The summed E-state index contributed by atoms with van der Waals surface area (Å²) in [5, 5.41) is 0. The van der Waals surface area contributed by atoms with Gasteiger partial charge in [-0.2, -0.15) is 0 Å². The lowest BCUT2D eigenvalue weighted by atomic mass is 10.2. The molecule has 2 rings (SSSR count). The van der Waals surface area contributed by atoms with E-state index in [0.29, 0.717) is 39.1 Å². The van der Waals surface area contributed by atoms with Crippen molar-refractivity contribution in [3.05, 3.63) is 72.1 Å². The molecule has 0 atom stereocenters. The van der Waals surface area contributed by atoms with Crippen LogP contribution in [0.15, 0.2) is 72.1 Å². The SMILES string of the molecule is CN(CCC(=O)OCCCCCCOC(=O)CCN(C)c1ccccc1)C1=C=CC=CC=C1. The summed E-state index contributed by atoms with van der Waals surface area (Å²) in [6.45, 7) is 2.09. The van der Waals surface area contributed by atoms with Crippen LogP contribution in [0.3, 0.4) is 0 Å². The first-order valence-corrected chi connectivity index (χ1v) is 11.6. The van der Waals surface area contributed by atoms with Crippen LogP contribution in [-0.4, -0.2) is 57.2 Å². The van der Waals surface area contributed by atoms with E-state index in [4.69, 9.17) is 9.47 Å². The van der Waals surface area contributed by atoms with Gasteiger partial charge in [-0.05, 0) is 50.0 Å². The summed E-state index contributed by atoms with van der Waals surface area (Å²) in [6.07, 6.45) is 13.9. The molecule has 6 nitrogen and oxygen atoms in total. The number of nitrogens with zero attached hydrogens (tertiary/aromatic N) is 2. The van der Waals surface area contributed by atoms with Crippen molar-refractivity contribution in [2.45, 2.75) is 38.5 Å². The number of anilines is 1. The summed E-state index contributed by atoms with van der Waals surface area (Å²) in [5.41, 5.74) is 5.19. The number of likely N-dealkylation sites (N-methyl/N-ethyl adjacent to an activating group) is 1. The number of para-hydroxylation sites is 1. The van der Waals surface area contributed by atoms with Crippen LogP contribution in [0.4, 0.5) is 5.69 Å². The largest absolute Gasteiger partial charge is 0.466 e. The molecule has 1 aromatic rings. The molecule has 0 radical (unpaired) electrons. The Kier molecular flexibility index (Phi) is 12.3. The quantitative estimate of drug-likeness (QED) is 0.219. The van der Waals surface area contributed by atoms with Crippen LogP contribution in [0.25, 0.3) is 0 Å². The standard InChI is InChI=1S/C27H36N2O4/c1-28(24-14-8-3-4-9-15-24)20-18-26(30)32-22-12-5-6-13-23-33-27(31)19-21-29(2)25-16-10-7-11-17-25/h3-4,7-11,14,16-17H,5-6,12-13,18-23H2,1-2H3. The van der Waals surface area contributed by atoms with Gasteiger partial charge in [-0.1, -0.05) is 42.2 Å². The third-order valence-electron chi connectivity index (χ3n) is 5.28. The van der Waals surface area contributed by atoms with E-state index < -0.39 is 0 Å². The van der Waals surface area contributed by atoms with E-state index in [9.17, 15) is 9.59 Å². The van der Waals surface area contributed by atoms with E-state index in [0.717, 1.165) is 37.1 Å². The van der Waals surface area contributed by atoms with Gasteiger partial charge in [-0.3, -0.25) is 9.59 Å². The van der Waals surface area contributed by atoms with Gasteiger partial charge in [0, 0.05) is 32.9 Å². The monoisotopic (exact) mass is 452 g/mol. The Morgan fingerprint density at radius 2 is 1.39 bits per heavy atom. The van der Waals surface area contributed by atoms with Crippen molar-refractivity contribution in [2.75, 3.05) is 45.3 Å². The van der Waals surface area contributed by atoms with Crippen molar-refractivity contribution in [2.24, 2.45) is 0 Å². The number of hydrogen-bond acceptors (Lipinski definition) is 6. The fourth-order valence-electron chi connectivity index (χ4n) is 3.21. The molecule has 0 aromatic heterocycles. The Bertz CT molecular complexity index is 854. The predicted octanol–water partition coefficient (Wildman–Crippen LogP) is 4.65. The van der Waals surface area contributed by atoms with Crippen LogP contribution < -0.4 is 4.90 Å². The van der Waals surface area contributed by atoms with Crippen molar-refractivity contribution in [3.8, 4) is 0 Å². The zero-order chi connectivity index (χ0) is 23.7. The average molecular weight is 453 g/mol. The van der Waals surface area contributed by atoms with Gasteiger partial charge in [0.05, 0.1) is 31.8 Å². The summed E-state index contributed by atoms with van der Waals surface area (Å²) in [6, 6.07) is 9.97. The summed E-state index contributed by atoms with van der Waals surface area (Å²) in [4.78, 5) is 27.9. The van der Waals surface area contributed by atoms with Crippen LogP contribution >= 0.6 is 0 Å². The Morgan fingerprint density at radius 1 is 0.788 bits per heavy atom. The van der Waals surface area contributed by atoms with E-state index >= 15 is 0 Å². The molecule has 0 fully saturated rings. The highest BCUT2D eigenvalue weighted by atomic mass is 16.5. The maximum Gasteiger partial charge on any atom is 0.307 e. The molecule has 0 N–H and O–H groups in total. The highest BCUT2D eigenvalue weighted by molar-refractivity contribution is 5.70. The molecule has 0 heterocycles. The number of ether oxygens (including phenoxy) is 2. The van der Waals surface area contributed by atoms with Crippen LogP contribution in [0, 0.1) is 0 Å². The van der Waals surface area contributed by atoms with Gasteiger partial charge in [0.2, 0.25) is 0 Å². The second-order valence-electron chi connectivity index (χ2n) is 7.97. The number of carbonyl (C=O) groups is 2. The third kappa shape index (κ3) is 11.3. The van der Waals surface area contributed by atoms with Crippen LogP contribution in [0.2, 0.25) is 0 Å². The molecular weight excluding hydrogens is 416 g/mol. The Labute approximate surface area is 197 Å². The smallest absolute Gasteiger partial charge is 0.307 e. The van der Waals surface area contributed by atoms with E-state index in [-0.39, 0.29) is 11.9 Å². The Balaban J connectivity index is 1.43. The zero-order valence-electron chi connectivity index (χ0n) is 19.9. The zero-order valence-corrected chi connectivity index (χ0v) is 19.9. The van der Waals surface area contributed by atoms with Crippen LogP contribution in [-0.2, 0) is 19.1 Å². The minimum Gasteiger partial charge on any atom is -0.466 e. The number of unbranched alkanes of at least 4 members (excludes halogenated alkanes) is 3. The Morgan fingerprint density at radius 3 is 2.03 bits per heavy atom. The first-order chi connectivity index (χ1) is 16.1. The second kappa shape index (κ2) is 15.5. The van der Waals surface area contributed by atoms with Crippen molar-refractivity contribution in [3.63, 3.8) is 0 Å². The molecule has 0 saturated carbocycles. The minimum atomic E-state index is -0.184. The van der Waals surface area contributed by atoms with Gasteiger partial charge in [0.15, 0.2) is 0 Å². The van der Waals surface area contributed by atoms with Crippen molar-refractivity contribution >= 4 is 17.6 Å². The molecule has 0 spiro atoms. The highest BCUT2D eigenvalue weighted by Gasteiger charge is 2.08. The van der Waals surface area contributed by atoms with Gasteiger partial charge in [0.1, 0.15) is 0 Å². The number of benzene rings is 1. The fourth-order valence-corrected chi connectivity index (χ4v) is 3.21. The van der Waals surface area contributed by atoms with Gasteiger partial charge in [0.25, 0.3) is 0 Å². The van der Waals surface area contributed by atoms with Crippen molar-refractivity contribution < 1.29 is 19.1 Å². The van der Waals surface area contributed by atoms with E-state index in [2.05, 4.69) is 5.73 Å². The topological polar surface area (TPSA) is 59.1 Å². The van der Waals surface area contributed by atoms with E-state index in [1.54, 1.807) is 0 Å². The van der Waals surface area contributed by atoms with Crippen molar-refractivity contribution in [1.29, 1.82) is 0 Å². The summed E-state index contributed by atoms with van der Waals surface area (Å²) >= 11 is 0. The van der Waals surface area contributed by atoms with E-state index in [1.807, 2.05) is 84.6 Å². The molecule has 0 aliphatic heterocycles. The van der Waals surface area contributed by atoms with Crippen molar-refractivity contribution in [1.82, 2.24) is 4.90 Å². The van der Waals surface area contributed by atoms with Gasteiger partial charge < -0.3 is 19.3 Å². The summed E-state index contributed by atoms with van der Waals surface area (Å²) < 4.78 is 10.6. The van der Waals surface area contributed by atoms with Gasteiger partial charge >= 0.3 is 11.9 Å². The summed E-state index contributed by atoms with van der Waals surface area (Å²) in [5.74, 6) is -0.352. The fraction of sp³-hybridized carbons (Fsp3) is 0.444. The maximum absolute atomic E-state index is 11.9. The molecule has 6 heteroatoms. The normalized spacial score (nSPS) is 12.1. The molecule has 33 heavy (non-hydrogen) atoms. The van der Waals surface area contributed by atoms with Gasteiger partial charge in [-0.25, -0.2) is 0 Å². The lowest BCUT2D eigenvalue weighted by Gasteiger charge is -2.18. The molecule has 0 bridgehead atoms. The Hall–Kier alpha value is -3.24. The molecular formula is C27H36N2O4. The first kappa shape index (κ1) is 26.0. The van der Waals surface area contributed by atoms with E-state index in [1.165, 1.54) is 0 Å². The molecule has 1 aliphatic rings. The van der Waals surface area contributed by atoms with Crippen LogP contribution in [0.5, 0.6) is 0 Å². The third-order valence-corrected chi connectivity index (χ3v) is 5.28. The number of allylic oxidation sites excluding steroid dienone is 4. The molecule has 1 aromatic carbocycles. The lowest BCUT2D eigenvalue weighted by Crippen LogP contribution is -2.22. The predicted molar refractivity (Wildman–Crippen MR) is 132 cm³/mol. The number of hydrogen-bond donors (Lipinski definition) is 0. The molecule has 178 valence electrons. The number of carbonyl (C=O) groups excluding carboxylic acids is 2.